The topological polar surface area (TPSA) is 44.9 Å². The van der Waals surface area contributed by atoms with Gasteiger partial charge in [-0.2, -0.15) is 5.10 Å². The molecule has 0 N–H and O–H groups in total. The van der Waals surface area contributed by atoms with Crippen molar-refractivity contribution in [2.45, 2.75) is 92.9 Å². The summed E-state index contributed by atoms with van der Waals surface area (Å²) in [6, 6.07) is 32.5. The van der Waals surface area contributed by atoms with E-state index in [9.17, 15) is 0 Å². The van der Waals surface area contributed by atoms with Gasteiger partial charge in [0.2, 0.25) is 0 Å². The van der Waals surface area contributed by atoms with Crippen molar-refractivity contribution >= 4 is 21.8 Å². The summed E-state index contributed by atoms with van der Waals surface area (Å²) in [7, 11) is 0. The van der Waals surface area contributed by atoms with Gasteiger partial charge in [-0.3, -0.25) is 4.57 Å². The number of rotatable bonds is 9. The summed E-state index contributed by atoms with van der Waals surface area (Å²) in [5.74, 6) is 2.75. The Morgan fingerprint density at radius 3 is 2.22 bits per heavy atom. The molecule has 0 unspecified atom stereocenters. The summed E-state index contributed by atoms with van der Waals surface area (Å²) in [6.07, 6.45) is 5.31. The van der Waals surface area contributed by atoms with Crippen molar-refractivity contribution in [3.05, 3.63) is 131 Å². The smallest absolute Gasteiger partial charge is 0.137 e. The Kier molecular flexibility index (Phi) is 9.09. The zero-order valence-electron chi connectivity index (χ0n) is 31.6. The standard InChI is InChI=1S/C46H50N4O/c1-10-11-17-33-22-23-47-42(24-33)49-40-19-13-12-18-38(40)39-21-20-36(28-41(39)49)51-37-26-34(46(7,8)9)25-35(27-37)50-45(29(2)3)44(32(6)48-50)43-30(4)15-14-16-31(43)5/h12-16,18-29H,10-11,17H2,1-9H3. The van der Waals surface area contributed by atoms with E-state index in [2.05, 4.69) is 163 Å². The Hall–Kier alpha value is -5.16. The minimum Gasteiger partial charge on any atom is -0.457 e. The van der Waals surface area contributed by atoms with E-state index in [0.29, 0.717) is 0 Å². The third-order valence-corrected chi connectivity index (χ3v) is 10.1. The van der Waals surface area contributed by atoms with Gasteiger partial charge in [0.1, 0.15) is 17.3 Å². The number of pyridine rings is 1. The lowest BCUT2D eigenvalue weighted by atomic mass is 9.86. The predicted octanol–water partition coefficient (Wildman–Crippen LogP) is 12.5. The van der Waals surface area contributed by atoms with E-state index >= 15 is 0 Å². The molecule has 260 valence electrons. The molecule has 0 amide bonds. The van der Waals surface area contributed by atoms with Crippen molar-refractivity contribution in [3.8, 4) is 34.1 Å². The minimum absolute atomic E-state index is 0.103. The fraction of sp³-hybridized carbons (Fsp3) is 0.304. The number of para-hydroxylation sites is 1. The van der Waals surface area contributed by atoms with Crippen molar-refractivity contribution in [1.29, 1.82) is 0 Å². The van der Waals surface area contributed by atoms with Gasteiger partial charge in [-0.1, -0.05) is 84.4 Å². The van der Waals surface area contributed by atoms with Crippen LogP contribution in [0.4, 0.5) is 0 Å². The first kappa shape index (κ1) is 34.3. The molecule has 0 atom stereocenters. The summed E-state index contributed by atoms with van der Waals surface area (Å²) in [4.78, 5) is 4.86. The summed E-state index contributed by atoms with van der Waals surface area (Å²) >= 11 is 0. The van der Waals surface area contributed by atoms with Gasteiger partial charge in [0, 0.05) is 34.7 Å². The fourth-order valence-corrected chi connectivity index (χ4v) is 7.51. The van der Waals surface area contributed by atoms with Gasteiger partial charge in [-0.25, -0.2) is 9.67 Å². The van der Waals surface area contributed by atoms with Crippen LogP contribution >= 0.6 is 0 Å². The highest BCUT2D eigenvalue weighted by Gasteiger charge is 2.25. The lowest BCUT2D eigenvalue weighted by molar-refractivity contribution is 0.478. The lowest BCUT2D eigenvalue weighted by Crippen LogP contribution is -2.13. The quantitative estimate of drug-likeness (QED) is 0.153. The highest BCUT2D eigenvalue weighted by molar-refractivity contribution is 6.09. The predicted molar refractivity (Wildman–Crippen MR) is 213 cm³/mol. The van der Waals surface area contributed by atoms with Gasteiger partial charge < -0.3 is 4.74 Å². The van der Waals surface area contributed by atoms with E-state index in [1.807, 2.05) is 6.20 Å². The van der Waals surface area contributed by atoms with Crippen molar-refractivity contribution in [3.63, 3.8) is 0 Å². The molecule has 3 heterocycles. The maximum absolute atomic E-state index is 6.83. The first-order chi connectivity index (χ1) is 24.4. The molecule has 0 saturated heterocycles. The molecule has 7 rings (SSSR count). The molecule has 0 fully saturated rings. The van der Waals surface area contributed by atoms with Crippen molar-refractivity contribution in [1.82, 2.24) is 19.3 Å². The van der Waals surface area contributed by atoms with Crippen molar-refractivity contribution < 1.29 is 4.74 Å². The maximum Gasteiger partial charge on any atom is 0.137 e. The molecule has 0 saturated carbocycles. The minimum atomic E-state index is -0.103. The third kappa shape index (κ3) is 6.46. The zero-order valence-corrected chi connectivity index (χ0v) is 31.6. The van der Waals surface area contributed by atoms with Crippen LogP contribution in [0.3, 0.4) is 0 Å². The Labute approximate surface area is 302 Å². The molecule has 5 nitrogen and oxygen atoms in total. The molecule has 0 radical (unpaired) electrons. The number of hydrogen-bond donors (Lipinski definition) is 0. The van der Waals surface area contributed by atoms with E-state index in [0.717, 1.165) is 59.0 Å². The molecule has 0 aliphatic carbocycles. The number of fused-ring (bicyclic) bond motifs is 3. The van der Waals surface area contributed by atoms with Crippen molar-refractivity contribution in [2.75, 3.05) is 0 Å². The van der Waals surface area contributed by atoms with Crippen LogP contribution in [0.15, 0.2) is 97.2 Å². The van der Waals surface area contributed by atoms with Crippen LogP contribution in [0.5, 0.6) is 11.5 Å². The van der Waals surface area contributed by atoms with Gasteiger partial charge in [-0.05, 0) is 115 Å². The van der Waals surface area contributed by atoms with Crippen LogP contribution in [0.2, 0.25) is 0 Å². The monoisotopic (exact) mass is 674 g/mol. The second kappa shape index (κ2) is 13.5. The molecule has 4 aromatic carbocycles. The molecule has 0 bridgehead atoms. The molecule has 51 heavy (non-hydrogen) atoms. The molecule has 0 aliphatic heterocycles. The van der Waals surface area contributed by atoms with Gasteiger partial charge >= 0.3 is 0 Å². The highest BCUT2D eigenvalue weighted by atomic mass is 16.5. The van der Waals surface area contributed by atoms with Crippen LogP contribution in [-0.4, -0.2) is 19.3 Å². The Bertz CT molecular complexity index is 2360. The maximum atomic E-state index is 6.83. The Balaban J connectivity index is 1.37. The molecule has 5 heteroatoms. The van der Waals surface area contributed by atoms with E-state index in [1.165, 1.54) is 49.8 Å². The van der Waals surface area contributed by atoms with Gasteiger partial charge in [-0.15, -0.1) is 0 Å². The zero-order chi connectivity index (χ0) is 36.0. The number of ether oxygens (including phenoxy) is 1. The number of nitrogens with zero attached hydrogens (tertiary/aromatic N) is 4. The average molecular weight is 675 g/mol. The van der Waals surface area contributed by atoms with Crippen LogP contribution in [0, 0.1) is 20.8 Å². The first-order valence-corrected chi connectivity index (χ1v) is 18.4. The number of unbranched alkanes of at least 4 members (excludes halogenated alkanes) is 1. The molecule has 0 spiro atoms. The fourth-order valence-electron chi connectivity index (χ4n) is 7.51. The molecular formula is C46H50N4O. The third-order valence-electron chi connectivity index (χ3n) is 10.1. The van der Waals surface area contributed by atoms with E-state index in [1.54, 1.807) is 0 Å². The summed E-state index contributed by atoms with van der Waals surface area (Å²) in [5.41, 5.74) is 12.9. The summed E-state index contributed by atoms with van der Waals surface area (Å²) in [5, 5.41) is 7.60. The molecule has 7 aromatic rings. The van der Waals surface area contributed by atoms with Gasteiger partial charge in [0.05, 0.1) is 28.1 Å². The van der Waals surface area contributed by atoms with Gasteiger partial charge in [0.25, 0.3) is 0 Å². The van der Waals surface area contributed by atoms with Crippen LogP contribution in [-0.2, 0) is 11.8 Å². The first-order valence-electron chi connectivity index (χ1n) is 18.4. The summed E-state index contributed by atoms with van der Waals surface area (Å²) in [6.45, 7) is 20.0. The number of aryl methyl sites for hydroxylation is 4. The average Bonchev–Trinajstić information content (AvgIpc) is 3.61. The van der Waals surface area contributed by atoms with E-state index in [-0.39, 0.29) is 11.3 Å². The molecule has 3 aromatic heterocycles. The normalized spacial score (nSPS) is 12.0. The number of benzene rings is 4. The van der Waals surface area contributed by atoms with Crippen LogP contribution in [0.25, 0.3) is 44.4 Å². The van der Waals surface area contributed by atoms with Gasteiger partial charge in [0.15, 0.2) is 0 Å². The van der Waals surface area contributed by atoms with E-state index < -0.39 is 0 Å². The van der Waals surface area contributed by atoms with Crippen LogP contribution in [0.1, 0.15) is 93.9 Å². The second-order valence-corrected chi connectivity index (χ2v) is 15.4. The van der Waals surface area contributed by atoms with Crippen LogP contribution < -0.4 is 4.74 Å². The lowest BCUT2D eigenvalue weighted by Gasteiger charge is -2.22. The molecule has 0 aliphatic rings. The largest absolute Gasteiger partial charge is 0.457 e. The highest BCUT2D eigenvalue weighted by Crippen LogP contribution is 2.40. The SMILES string of the molecule is CCCCc1ccnc(-n2c3ccccc3c3ccc(Oc4cc(-n5nc(C)c(-c6c(C)cccc6C)c5C(C)C)cc(C(C)(C)C)c4)cc32)c1. The number of aromatic nitrogens is 4. The Morgan fingerprint density at radius 2 is 1.49 bits per heavy atom. The second-order valence-electron chi connectivity index (χ2n) is 15.4. The summed E-state index contributed by atoms with van der Waals surface area (Å²) < 4.78 is 11.3. The number of hydrogen-bond acceptors (Lipinski definition) is 3. The molecular weight excluding hydrogens is 625 g/mol. The van der Waals surface area contributed by atoms with E-state index in [4.69, 9.17) is 14.8 Å². The van der Waals surface area contributed by atoms with Crippen molar-refractivity contribution in [2.24, 2.45) is 0 Å². The Morgan fingerprint density at radius 1 is 0.745 bits per heavy atom.